The molecule has 5 nitrogen and oxygen atoms in total. The fourth-order valence-corrected chi connectivity index (χ4v) is 1.46. The molecular weight excluding hydrogens is 237 g/mol. The van der Waals surface area contributed by atoms with E-state index in [4.69, 9.17) is 4.52 Å². The van der Waals surface area contributed by atoms with E-state index < -0.39 is 0 Å². The number of carbonyl (C=O) groups excluding carboxylic acids is 1. The van der Waals surface area contributed by atoms with Crippen molar-refractivity contribution in [2.24, 2.45) is 0 Å². The number of aryl methyl sites for hydroxylation is 2. The molecule has 0 fully saturated rings. The molecule has 94 valence electrons. The van der Waals surface area contributed by atoms with Crippen molar-refractivity contribution in [1.29, 1.82) is 0 Å². The second-order valence-electron chi connectivity index (χ2n) is 3.88. The number of amides is 1. The van der Waals surface area contributed by atoms with Crippen LogP contribution in [0.3, 0.4) is 0 Å². The van der Waals surface area contributed by atoms with Gasteiger partial charge in [0.2, 0.25) is 5.89 Å². The summed E-state index contributed by atoms with van der Waals surface area (Å²) in [5.74, 6) is 0.199. The van der Waals surface area contributed by atoms with E-state index >= 15 is 0 Å². The zero-order valence-electron chi connectivity index (χ0n) is 10.0. The van der Waals surface area contributed by atoms with Crippen LogP contribution in [-0.2, 0) is 6.54 Å². The molecule has 1 N–H and O–H groups in total. The zero-order chi connectivity index (χ0) is 13.1. The molecule has 1 aromatic heterocycles. The lowest BCUT2D eigenvalue weighted by Crippen LogP contribution is -2.23. The summed E-state index contributed by atoms with van der Waals surface area (Å²) in [4.78, 5) is 15.7. The van der Waals surface area contributed by atoms with Gasteiger partial charge in [0, 0.05) is 5.56 Å². The number of carbonyl (C=O) groups is 1. The Hall–Kier alpha value is -2.24. The molecule has 18 heavy (non-hydrogen) atoms. The lowest BCUT2D eigenvalue weighted by atomic mass is 10.1. The van der Waals surface area contributed by atoms with Gasteiger partial charge in [0.1, 0.15) is 5.82 Å². The SMILES string of the molecule is Cc1noc(CNC(=O)c2ccc(F)c(C)c2)n1. The molecule has 0 bridgehead atoms. The largest absolute Gasteiger partial charge is 0.343 e. The van der Waals surface area contributed by atoms with Crippen LogP contribution in [0.15, 0.2) is 22.7 Å². The van der Waals surface area contributed by atoms with Crippen molar-refractivity contribution in [1.82, 2.24) is 15.5 Å². The van der Waals surface area contributed by atoms with Crippen LogP contribution in [0, 0.1) is 19.7 Å². The highest BCUT2D eigenvalue weighted by Gasteiger charge is 2.09. The Morgan fingerprint density at radius 2 is 2.22 bits per heavy atom. The average Bonchev–Trinajstić information content (AvgIpc) is 2.75. The number of rotatable bonds is 3. The molecule has 0 aliphatic carbocycles. The average molecular weight is 249 g/mol. The Balaban J connectivity index is 2.01. The minimum Gasteiger partial charge on any atom is -0.343 e. The maximum atomic E-state index is 13.1. The topological polar surface area (TPSA) is 68.0 Å². The standard InChI is InChI=1S/C12H12FN3O2/c1-7-5-9(3-4-10(7)13)12(17)14-6-11-15-8(2)16-18-11/h3-5H,6H2,1-2H3,(H,14,17). The first-order chi connectivity index (χ1) is 8.56. The molecular formula is C12H12FN3O2. The smallest absolute Gasteiger partial charge is 0.251 e. The van der Waals surface area contributed by atoms with Crippen LogP contribution in [0.5, 0.6) is 0 Å². The summed E-state index contributed by atoms with van der Waals surface area (Å²) in [6.45, 7) is 3.45. The Morgan fingerprint density at radius 1 is 1.44 bits per heavy atom. The van der Waals surface area contributed by atoms with Crippen molar-refractivity contribution in [3.8, 4) is 0 Å². The molecule has 0 saturated heterocycles. The van der Waals surface area contributed by atoms with E-state index in [1.54, 1.807) is 13.8 Å². The van der Waals surface area contributed by atoms with Gasteiger partial charge in [-0.05, 0) is 37.6 Å². The summed E-state index contributed by atoms with van der Waals surface area (Å²) in [7, 11) is 0. The van der Waals surface area contributed by atoms with Crippen LogP contribution in [0.1, 0.15) is 27.6 Å². The summed E-state index contributed by atoms with van der Waals surface area (Å²) in [5.41, 5.74) is 0.821. The van der Waals surface area contributed by atoms with E-state index in [0.29, 0.717) is 22.8 Å². The summed E-state index contributed by atoms with van der Waals surface area (Å²) < 4.78 is 17.9. The molecule has 1 aromatic carbocycles. The molecule has 0 aliphatic rings. The quantitative estimate of drug-likeness (QED) is 0.899. The second kappa shape index (κ2) is 4.95. The summed E-state index contributed by atoms with van der Waals surface area (Å²) >= 11 is 0. The predicted molar refractivity (Wildman–Crippen MR) is 61.3 cm³/mol. The van der Waals surface area contributed by atoms with E-state index in [9.17, 15) is 9.18 Å². The van der Waals surface area contributed by atoms with Crippen LogP contribution in [0.2, 0.25) is 0 Å². The van der Waals surface area contributed by atoms with Crippen LogP contribution in [-0.4, -0.2) is 16.0 Å². The van der Waals surface area contributed by atoms with Crippen molar-refractivity contribution in [3.63, 3.8) is 0 Å². The van der Waals surface area contributed by atoms with Gasteiger partial charge in [-0.3, -0.25) is 4.79 Å². The number of nitrogens with zero attached hydrogens (tertiary/aromatic N) is 2. The Morgan fingerprint density at radius 3 is 2.83 bits per heavy atom. The molecule has 0 radical (unpaired) electrons. The maximum Gasteiger partial charge on any atom is 0.251 e. The molecule has 0 unspecified atom stereocenters. The van der Waals surface area contributed by atoms with Gasteiger partial charge >= 0.3 is 0 Å². The highest BCUT2D eigenvalue weighted by Crippen LogP contribution is 2.09. The van der Waals surface area contributed by atoms with Gasteiger partial charge in [0.25, 0.3) is 5.91 Å². The summed E-state index contributed by atoms with van der Waals surface area (Å²) in [6, 6.07) is 4.18. The van der Waals surface area contributed by atoms with E-state index in [-0.39, 0.29) is 18.3 Å². The minimum absolute atomic E-state index is 0.149. The van der Waals surface area contributed by atoms with Crippen LogP contribution in [0.4, 0.5) is 4.39 Å². The van der Waals surface area contributed by atoms with Gasteiger partial charge in [-0.2, -0.15) is 4.98 Å². The van der Waals surface area contributed by atoms with Gasteiger partial charge < -0.3 is 9.84 Å². The molecule has 1 amide bonds. The molecule has 6 heteroatoms. The third-order valence-electron chi connectivity index (χ3n) is 2.39. The lowest BCUT2D eigenvalue weighted by molar-refractivity contribution is 0.0946. The number of benzene rings is 1. The fourth-order valence-electron chi connectivity index (χ4n) is 1.46. The van der Waals surface area contributed by atoms with E-state index in [1.165, 1.54) is 18.2 Å². The number of hydrogen-bond donors (Lipinski definition) is 1. The van der Waals surface area contributed by atoms with Gasteiger partial charge in [-0.1, -0.05) is 5.16 Å². The van der Waals surface area contributed by atoms with E-state index in [1.807, 2.05) is 0 Å². The Labute approximate surface area is 103 Å². The number of nitrogens with one attached hydrogen (secondary N) is 1. The minimum atomic E-state index is -0.334. The first kappa shape index (κ1) is 12.2. The van der Waals surface area contributed by atoms with Crippen molar-refractivity contribution in [2.75, 3.05) is 0 Å². The van der Waals surface area contributed by atoms with Crippen LogP contribution >= 0.6 is 0 Å². The monoisotopic (exact) mass is 249 g/mol. The first-order valence-corrected chi connectivity index (χ1v) is 5.40. The Bertz CT molecular complexity index is 580. The molecule has 0 atom stereocenters. The van der Waals surface area contributed by atoms with E-state index in [0.717, 1.165) is 0 Å². The summed E-state index contributed by atoms with van der Waals surface area (Å²) in [6.07, 6.45) is 0. The van der Waals surface area contributed by atoms with Crippen molar-refractivity contribution >= 4 is 5.91 Å². The highest BCUT2D eigenvalue weighted by molar-refractivity contribution is 5.94. The van der Waals surface area contributed by atoms with Crippen molar-refractivity contribution < 1.29 is 13.7 Å². The van der Waals surface area contributed by atoms with Gasteiger partial charge in [0.05, 0.1) is 6.54 Å². The zero-order valence-corrected chi connectivity index (χ0v) is 10.0. The molecule has 0 aliphatic heterocycles. The van der Waals surface area contributed by atoms with Gasteiger partial charge in [-0.25, -0.2) is 4.39 Å². The number of halogens is 1. The first-order valence-electron chi connectivity index (χ1n) is 5.40. The predicted octanol–water partition coefficient (Wildman–Crippen LogP) is 1.76. The summed E-state index contributed by atoms with van der Waals surface area (Å²) in [5, 5.41) is 6.22. The fraction of sp³-hybridized carbons (Fsp3) is 0.250. The molecule has 2 rings (SSSR count). The van der Waals surface area contributed by atoms with E-state index in [2.05, 4.69) is 15.5 Å². The second-order valence-corrected chi connectivity index (χ2v) is 3.88. The van der Waals surface area contributed by atoms with Crippen LogP contribution < -0.4 is 5.32 Å². The molecule has 0 spiro atoms. The third-order valence-corrected chi connectivity index (χ3v) is 2.39. The molecule has 0 saturated carbocycles. The normalized spacial score (nSPS) is 10.4. The van der Waals surface area contributed by atoms with Gasteiger partial charge in [-0.15, -0.1) is 0 Å². The third kappa shape index (κ3) is 2.71. The molecule has 1 heterocycles. The Kier molecular flexibility index (Phi) is 3.36. The van der Waals surface area contributed by atoms with Gasteiger partial charge in [0.15, 0.2) is 5.82 Å². The lowest BCUT2D eigenvalue weighted by Gasteiger charge is -2.03. The van der Waals surface area contributed by atoms with Crippen LogP contribution in [0.25, 0.3) is 0 Å². The van der Waals surface area contributed by atoms with Crippen molar-refractivity contribution in [2.45, 2.75) is 20.4 Å². The molecule has 2 aromatic rings. The number of aromatic nitrogens is 2. The number of hydrogen-bond acceptors (Lipinski definition) is 4. The van der Waals surface area contributed by atoms with Crippen molar-refractivity contribution in [3.05, 3.63) is 46.9 Å². The maximum absolute atomic E-state index is 13.1. The highest BCUT2D eigenvalue weighted by atomic mass is 19.1.